The van der Waals surface area contributed by atoms with E-state index in [2.05, 4.69) is 5.32 Å². The fourth-order valence-electron chi connectivity index (χ4n) is 2.65. The number of amides is 1. The van der Waals surface area contributed by atoms with Gasteiger partial charge in [-0.1, -0.05) is 12.5 Å². The molecule has 5 nitrogen and oxygen atoms in total. The van der Waals surface area contributed by atoms with Crippen molar-refractivity contribution in [1.82, 2.24) is 4.31 Å². The van der Waals surface area contributed by atoms with Gasteiger partial charge >= 0.3 is 0 Å². The number of sulfonamides is 1. The Morgan fingerprint density at radius 2 is 2.05 bits per heavy atom. The largest absolute Gasteiger partial charge is 0.326 e. The predicted octanol–water partition coefficient (Wildman–Crippen LogP) is 2.52. The molecule has 1 unspecified atom stereocenters. The van der Waals surface area contributed by atoms with Gasteiger partial charge in [0.25, 0.3) is 0 Å². The summed E-state index contributed by atoms with van der Waals surface area (Å²) in [5.41, 5.74) is 1.39. The molecule has 1 aliphatic rings. The molecule has 1 saturated heterocycles. The minimum Gasteiger partial charge on any atom is -0.326 e. The molecule has 21 heavy (non-hydrogen) atoms. The van der Waals surface area contributed by atoms with Crippen LogP contribution in [0.5, 0.6) is 0 Å². The Balaban J connectivity index is 2.38. The fraction of sp³-hybridized carbons (Fsp3) is 0.533. The maximum Gasteiger partial charge on any atom is 0.243 e. The fourth-order valence-corrected chi connectivity index (χ4v) is 4.38. The van der Waals surface area contributed by atoms with Crippen molar-refractivity contribution in [3.05, 3.63) is 23.8 Å². The number of aryl methyl sites for hydroxylation is 1. The van der Waals surface area contributed by atoms with Gasteiger partial charge in [0.1, 0.15) is 0 Å². The lowest BCUT2D eigenvalue weighted by Gasteiger charge is -2.32. The van der Waals surface area contributed by atoms with Crippen molar-refractivity contribution in [2.75, 3.05) is 11.9 Å². The van der Waals surface area contributed by atoms with Crippen molar-refractivity contribution in [3.8, 4) is 0 Å². The molecule has 0 aliphatic carbocycles. The van der Waals surface area contributed by atoms with Gasteiger partial charge in [-0.2, -0.15) is 4.31 Å². The summed E-state index contributed by atoms with van der Waals surface area (Å²) in [6.45, 7) is 5.75. The first-order valence-corrected chi connectivity index (χ1v) is 8.66. The summed E-state index contributed by atoms with van der Waals surface area (Å²) in [4.78, 5) is 11.5. The first-order chi connectivity index (χ1) is 9.82. The van der Waals surface area contributed by atoms with Crippen molar-refractivity contribution in [2.24, 2.45) is 0 Å². The summed E-state index contributed by atoms with van der Waals surface area (Å²) < 4.78 is 27.1. The summed E-state index contributed by atoms with van der Waals surface area (Å²) in [5, 5.41) is 2.68. The zero-order chi connectivity index (χ0) is 15.6. The summed E-state index contributed by atoms with van der Waals surface area (Å²) in [6.07, 6.45) is 2.86. The monoisotopic (exact) mass is 310 g/mol. The van der Waals surface area contributed by atoms with Crippen molar-refractivity contribution < 1.29 is 13.2 Å². The summed E-state index contributed by atoms with van der Waals surface area (Å²) in [5.74, 6) is -0.209. The highest BCUT2D eigenvalue weighted by molar-refractivity contribution is 7.89. The molecule has 6 heteroatoms. The second kappa shape index (κ2) is 6.15. The highest BCUT2D eigenvalue weighted by Crippen LogP contribution is 2.27. The van der Waals surface area contributed by atoms with Gasteiger partial charge in [0, 0.05) is 25.2 Å². The Bertz CT molecular complexity index is 640. The lowest BCUT2D eigenvalue weighted by Crippen LogP contribution is -2.41. The number of carbonyl (C=O) groups is 1. The second-order valence-electron chi connectivity index (χ2n) is 5.62. The Kier molecular flexibility index (Phi) is 4.68. The van der Waals surface area contributed by atoms with E-state index in [0.717, 1.165) is 24.8 Å². The molecular weight excluding hydrogens is 288 g/mol. The molecule has 1 heterocycles. The van der Waals surface area contributed by atoms with Crippen LogP contribution in [0.3, 0.4) is 0 Å². The summed E-state index contributed by atoms with van der Waals surface area (Å²) in [6, 6.07) is 4.91. The molecular formula is C15H22N2O3S. The van der Waals surface area contributed by atoms with Crippen LogP contribution in [0, 0.1) is 6.92 Å². The van der Waals surface area contributed by atoms with Crippen LogP contribution in [0.25, 0.3) is 0 Å². The molecule has 1 aliphatic heterocycles. The van der Waals surface area contributed by atoms with Crippen LogP contribution in [-0.2, 0) is 14.8 Å². The number of anilines is 1. The Morgan fingerprint density at radius 1 is 1.33 bits per heavy atom. The molecule has 0 bridgehead atoms. The molecule has 2 rings (SSSR count). The zero-order valence-corrected chi connectivity index (χ0v) is 13.5. The number of nitrogens with zero attached hydrogens (tertiary/aromatic N) is 1. The van der Waals surface area contributed by atoms with Gasteiger partial charge in [-0.3, -0.25) is 4.79 Å². The SMILES string of the molecule is CC(=O)Nc1cc(S(=O)(=O)N2CCCCC2C)ccc1C. The zero-order valence-electron chi connectivity index (χ0n) is 12.7. The van der Waals surface area contributed by atoms with E-state index in [0.29, 0.717) is 12.2 Å². The van der Waals surface area contributed by atoms with Crippen LogP contribution in [0.4, 0.5) is 5.69 Å². The summed E-state index contributed by atoms with van der Waals surface area (Å²) >= 11 is 0. The number of carbonyl (C=O) groups excluding carboxylic acids is 1. The third kappa shape index (κ3) is 3.44. The topological polar surface area (TPSA) is 66.5 Å². The van der Waals surface area contributed by atoms with Crippen LogP contribution in [0.1, 0.15) is 38.7 Å². The predicted molar refractivity (Wildman–Crippen MR) is 82.7 cm³/mol. The van der Waals surface area contributed by atoms with Crippen LogP contribution in [-0.4, -0.2) is 31.2 Å². The van der Waals surface area contributed by atoms with Gasteiger partial charge in [0.2, 0.25) is 15.9 Å². The molecule has 0 aromatic heterocycles. The van der Waals surface area contributed by atoms with Crippen LogP contribution in [0.2, 0.25) is 0 Å². The van der Waals surface area contributed by atoms with E-state index in [4.69, 9.17) is 0 Å². The van der Waals surface area contributed by atoms with E-state index < -0.39 is 10.0 Å². The van der Waals surface area contributed by atoms with Crippen molar-refractivity contribution in [1.29, 1.82) is 0 Å². The first-order valence-electron chi connectivity index (χ1n) is 7.22. The molecule has 1 N–H and O–H groups in total. The average Bonchev–Trinajstić information content (AvgIpc) is 2.41. The van der Waals surface area contributed by atoms with E-state index in [9.17, 15) is 13.2 Å². The van der Waals surface area contributed by atoms with E-state index in [1.165, 1.54) is 6.92 Å². The molecule has 1 atom stereocenters. The molecule has 0 saturated carbocycles. The molecule has 0 spiro atoms. The first kappa shape index (κ1) is 16.0. The number of hydrogen-bond acceptors (Lipinski definition) is 3. The minimum atomic E-state index is -3.50. The van der Waals surface area contributed by atoms with Gasteiger partial charge < -0.3 is 5.32 Å². The van der Waals surface area contributed by atoms with Crippen molar-refractivity contribution in [3.63, 3.8) is 0 Å². The van der Waals surface area contributed by atoms with Crippen molar-refractivity contribution in [2.45, 2.75) is 51.0 Å². The number of benzene rings is 1. The highest BCUT2D eigenvalue weighted by Gasteiger charge is 2.31. The Morgan fingerprint density at radius 3 is 2.67 bits per heavy atom. The molecule has 116 valence electrons. The number of piperidine rings is 1. The smallest absolute Gasteiger partial charge is 0.243 e. The van der Waals surface area contributed by atoms with E-state index in [1.807, 2.05) is 13.8 Å². The molecule has 1 aromatic carbocycles. The van der Waals surface area contributed by atoms with Crippen LogP contribution in [0.15, 0.2) is 23.1 Å². The van der Waals surface area contributed by atoms with Gasteiger partial charge in [-0.15, -0.1) is 0 Å². The minimum absolute atomic E-state index is 0.0225. The lowest BCUT2D eigenvalue weighted by molar-refractivity contribution is -0.114. The van der Waals surface area contributed by atoms with Gasteiger partial charge in [-0.05, 0) is 44.4 Å². The van der Waals surface area contributed by atoms with Gasteiger partial charge in [0.15, 0.2) is 0 Å². The summed E-state index contributed by atoms with van der Waals surface area (Å²) in [7, 11) is -3.50. The maximum atomic E-state index is 12.8. The maximum absolute atomic E-state index is 12.8. The second-order valence-corrected chi connectivity index (χ2v) is 7.51. The van der Waals surface area contributed by atoms with E-state index in [1.54, 1.807) is 22.5 Å². The standard InChI is InChI=1S/C15H22N2O3S/c1-11-7-8-14(10-15(11)16-13(3)18)21(19,20)17-9-5-4-6-12(17)2/h7-8,10,12H,4-6,9H2,1-3H3,(H,16,18). The van der Waals surface area contributed by atoms with E-state index >= 15 is 0 Å². The number of nitrogens with one attached hydrogen (secondary N) is 1. The van der Waals surface area contributed by atoms with Crippen LogP contribution < -0.4 is 5.32 Å². The Labute approximate surface area is 126 Å². The van der Waals surface area contributed by atoms with Crippen LogP contribution >= 0.6 is 0 Å². The highest BCUT2D eigenvalue weighted by atomic mass is 32.2. The Hall–Kier alpha value is -1.40. The normalized spacial score (nSPS) is 20.2. The third-order valence-electron chi connectivity index (χ3n) is 3.87. The molecule has 1 fully saturated rings. The average molecular weight is 310 g/mol. The van der Waals surface area contributed by atoms with E-state index in [-0.39, 0.29) is 16.8 Å². The number of rotatable bonds is 3. The molecule has 1 amide bonds. The number of hydrogen-bond donors (Lipinski definition) is 1. The molecule has 0 radical (unpaired) electrons. The van der Waals surface area contributed by atoms with Gasteiger partial charge in [-0.25, -0.2) is 8.42 Å². The third-order valence-corrected chi connectivity index (χ3v) is 5.88. The van der Waals surface area contributed by atoms with Crippen molar-refractivity contribution >= 4 is 21.6 Å². The molecule has 1 aromatic rings. The lowest BCUT2D eigenvalue weighted by atomic mass is 10.1. The quantitative estimate of drug-likeness (QED) is 0.933. The van der Waals surface area contributed by atoms with Gasteiger partial charge in [0.05, 0.1) is 4.90 Å².